The van der Waals surface area contributed by atoms with E-state index in [1.165, 1.54) is 5.69 Å². The van der Waals surface area contributed by atoms with Crippen LogP contribution in [0.3, 0.4) is 0 Å². The summed E-state index contributed by atoms with van der Waals surface area (Å²) in [6.07, 6.45) is 4.39. The highest BCUT2D eigenvalue weighted by Gasteiger charge is 2.32. The molecule has 0 saturated carbocycles. The fourth-order valence-electron chi connectivity index (χ4n) is 5.35. The molecular formula is C27H34N2O4. The van der Waals surface area contributed by atoms with Gasteiger partial charge in [0.2, 0.25) is 6.79 Å². The maximum absolute atomic E-state index is 13.3. The number of nitrogens with zero attached hydrogens (tertiary/aromatic N) is 2. The molecule has 2 aromatic rings. The number of Topliss-reactive ketones (excluding diaryl/α,β-unsaturated/α-hetero) is 1. The van der Waals surface area contributed by atoms with Gasteiger partial charge in [0.25, 0.3) is 0 Å². The van der Waals surface area contributed by atoms with Crippen LogP contribution in [0.4, 0.5) is 5.69 Å². The number of hydrogen-bond acceptors (Lipinski definition) is 6. The maximum atomic E-state index is 13.3. The highest BCUT2D eigenvalue weighted by atomic mass is 16.7. The molecule has 1 atom stereocenters. The average Bonchev–Trinajstić information content (AvgIpc) is 3.31. The molecular weight excluding hydrogens is 416 g/mol. The molecule has 1 unspecified atom stereocenters. The number of piperidine rings is 2. The van der Waals surface area contributed by atoms with Crippen LogP contribution in [0.25, 0.3) is 0 Å². The number of anilines is 1. The third kappa shape index (κ3) is 4.96. The second-order valence-corrected chi connectivity index (χ2v) is 9.65. The Morgan fingerprint density at radius 3 is 2.64 bits per heavy atom. The van der Waals surface area contributed by atoms with Gasteiger partial charge in [0.15, 0.2) is 17.3 Å². The highest BCUT2D eigenvalue weighted by molar-refractivity contribution is 5.98. The minimum Gasteiger partial charge on any atom is -0.491 e. The predicted molar refractivity (Wildman–Crippen MR) is 129 cm³/mol. The lowest BCUT2D eigenvalue weighted by Gasteiger charge is -2.42. The normalized spacial score (nSPS) is 21.4. The van der Waals surface area contributed by atoms with Crippen molar-refractivity contribution >= 4 is 11.5 Å². The molecule has 2 saturated heterocycles. The van der Waals surface area contributed by atoms with E-state index in [0.29, 0.717) is 12.8 Å². The second-order valence-electron chi connectivity index (χ2n) is 9.65. The number of ketones is 1. The van der Waals surface area contributed by atoms with Crippen molar-refractivity contribution in [2.24, 2.45) is 5.92 Å². The minimum atomic E-state index is 0.0694. The molecule has 6 heteroatoms. The molecule has 0 bridgehead atoms. The zero-order valence-corrected chi connectivity index (χ0v) is 19.7. The maximum Gasteiger partial charge on any atom is 0.231 e. The van der Waals surface area contributed by atoms with Gasteiger partial charge < -0.3 is 19.1 Å². The lowest BCUT2D eigenvalue weighted by Crippen LogP contribution is -2.49. The van der Waals surface area contributed by atoms with Crippen molar-refractivity contribution in [1.82, 2.24) is 4.90 Å². The lowest BCUT2D eigenvalue weighted by molar-refractivity contribution is 0.0719. The monoisotopic (exact) mass is 450 g/mol. The zero-order chi connectivity index (χ0) is 22.8. The van der Waals surface area contributed by atoms with Crippen LogP contribution in [-0.2, 0) is 0 Å². The molecule has 5 rings (SSSR count). The average molecular weight is 451 g/mol. The van der Waals surface area contributed by atoms with Crippen molar-refractivity contribution in [2.45, 2.75) is 51.7 Å². The number of likely N-dealkylation sites (tertiary alicyclic amines) is 1. The van der Waals surface area contributed by atoms with E-state index in [0.717, 1.165) is 74.7 Å². The van der Waals surface area contributed by atoms with Gasteiger partial charge in [-0.05, 0) is 70.3 Å². The Morgan fingerprint density at radius 1 is 1.00 bits per heavy atom. The summed E-state index contributed by atoms with van der Waals surface area (Å²) in [5.74, 6) is 2.78. The molecule has 6 nitrogen and oxygen atoms in total. The molecule has 0 spiro atoms. The fourth-order valence-corrected chi connectivity index (χ4v) is 5.35. The van der Waals surface area contributed by atoms with Crippen LogP contribution in [-0.4, -0.2) is 55.8 Å². The summed E-state index contributed by atoms with van der Waals surface area (Å²) >= 11 is 0. The van der Waals surface area contributed by atoms with E-state index >= 15 is 0 Å². The summed E-state index contributed by atoms with van der Waals surface area (Å²) in [7, 11) is 0. The van der Waals surface area contributed by atoms with E-state index in [-0.39, 0.29) is 17.8 Å². The number of benzene rings is 2. The zero-order valence-electron chi connectivity index (χ0n) is 19.7. The molecule has 176 valence electrons. The van der Waals surface area contributed by atoms with Crippen LogP contribution < -0.4 is 19.1 Å². The van der Waals surface area contributed by atoms with Crippen LogP contribution in [0.5, 0.6) is 17.2 Å². The third-order valence-electron chi connectivity index (χ3n) is 7.02. The molecule has 0 aliphatic carbocycles. The van der Waals surface area contributed by atoms with Crippen molar-refractivity contribution in [3.05, 3.63) is 48.0 Å². The molecule has 0 N–H and O–H groups in total. The van der Waals surface area contributed by atoms with Crippen LogP contribution in [0.2, 0.25) is 0 Å². The smallest absolute Gasteiger partial charge is 0.231 e. The summed E-state index contributed by atoms with van der Waals surface area (Å²) in [6, 6.07) is 14.5. The second kappa shape index (κ2) is 9.64. The standard InChI is InChI=1S/C27H34N2O4/c1-19(2)33-24-7-3-5-20(15-24)27(30)21-6-4-12-29(17-21)22-10-13-28(14-11-22)23-8-9-25-26(16-23)32-18-31-25/h3,5,7-9,15-16,19,21-22H,4,6,10-14,17-18H2,1-2H3. The van der Waals surface area contributed by atoms with E-state index in [9.17, 15) is 4.79 Å². The van der Waals surface area contributed by atoms with Crippen molar-refractivity contribution in [3.8, 4) is 17.2 Å². The number of rotatable bonds is 6. The minimum absolute atomic E-state index is 0.0694. The number of carbonyl (C=O) groups excluding carboxylic acids is 1. The van der Waals surface area contributed by atoms with Gasteiger partial charge in [-0.3, -0.25) is 9.69 Å². The first-order valence-corrected chi connectivity index (χ1v) is 12.3. The molecule has 3 heterocycles. The first kappa shape index (κ1) is 22.1. The Morgan fingerprint density at radius 2 is 1.82 bits per heavy atom. The van der Waals surface area contributed by atoms with Gasteiger partial charge in [0.1, 0.15) is 5.75 Å². The molecule has 2 aromatic carbocycles. The van der Waals surface area contributed by atoms with Crippen LogP contribution in [0.15, 0.2) is 42.5 Å². The van der Waals surface area contributed by atoms with E-state index < -0.39 is 0 Å². The summed E-state index contributed by atoms with van der Waals surface area (Å²) < 4.78 is 16.8. The number of ether oxygens (including phenoxy) is 3. The van der Waals surface area contributed by atoms with Gasteiger partial charge in [0, 0.05) is 48.9 Å². The Balaban J connectivity index is 1.18. The summed E-state index contributed by atoms with van der Waals surface area (Å²) in [4.78, 5) is 18.3. The van der Waals surface area contributed by atoms with Gasteiger partial charge in [-0.25, -0.2) is 0 Å². The van der Waals surface area contributed by atoms with Crippen LogP contribution in [0.1, 0.15) is 49.9 Å². The largest absolute Gasteiger partial charge is 0.491 e. The van der Waals surface area contributed by atoms with Gasteiger partial charge in [-0.15, -0.1) is 0 Å². The van der Waals surface area contributed by atoms with Crippen LogP contribution in [0, 0.1) is 5.92 Å². The number of carbonyl (C=O) groups is 1. The molecule has 0 amide bonds. The van der Waals surface area contributed by atoms with Gasteiger partial charge in [-0.2, -0.15) is 0 Å². The molecule has 2 fully saturated rings. The summed E-state index contributed by atoms with van der Waals surface area (Å²) in [5.41, 5.74) is 1.98. The first-order chi connectivity index (χ1) is 16.1. The Bertz CT molecular complexity index is 984. The molecule has 0 aromatic heterocycles. The lowest BCUT2D eigenvalue weighted by atomic mass is 9.88. The Hall–Kier alpha value is -2.73. The Kier molecular flexibility index (Phi) is 6.45. The molecule has 3 aliphatic heterocycles. The highest BCUT2D eigenvalue weighted by Crippen LogP contribution is 2.36. The van der Waals surface area contributed by atoms with E-state index in [4.69, 9.17) is 14.2 Å². The predicted octanol–water partition coefficient (Wildman–Crippen LogP) is 4.77. The third-order valence-corrected chi connectivity index (χ3v) is 7.02. The van der Waals surface area contributed by atoms with E-state index in [2.05, 4.69) is 21.9 Å². The van der Waals surface area contributed by atoms with Crippen molar-refractivity contribution in [3.63, 3.8) is 0 Å². The Labute approximate surface area is 196 Å². The molecule has 3 aliphatic rings. The van der Waals surface area contributed by atoms with Gasteiger partial charge in [0.05, 0.1) is 6.10 Å². The fraction of sp³-hybridized carbons (Fsp3) is 0.519. The SMILES string of the molecule is CC(C)Oc1cccc(C(=O)C2CCCN(C3CCN(c4ccc5c(c4)OCO5)CC3)C2)c1. The van der Waals surface area contributed by atoms with Crippen molar-refractivity contribution < 1.29 is 19.0 Å². The first-order valence-electron chi connectivity index (χ1n) is 12.3. The number of hydrogen-bond donors (Lipinski definition) is 0. The van der Waals surface area contributed by atoms with Crippen LogP contribution >= 0.6 is 0 Å². The van der Waals surface area contributed by atoms with Crippen molar-refractivity contribution in [2.75, 3.05) is 37.9 Å². The van der Waals surface area contributed by atoms with E-state index in [1.54, 1.807) is 0 Å². The van der Waals surface area contributed by atoms with Gasteiger partial charge in [-0.1, -0.05) is 12.1 Å². The van der Waals surface area contributed by atoms with Crippen molar-refractivity contribution in [1.29, 1.82) is 0 Å². The number of fused-ring (bicyclic) bond motifs is 1. The summed E-state index contributed by atoms with van der Waals surface area (Å²) in [6.45, 7) is 8.32. The topological polar surface area (TPSA) is 51.2 Å². The van der Waals surface area contributed by atoms with Gasteiger partial charge >= 0.3 is 0 Å². The van der Waals surface area contributed by atoms with E-state index in [1.807, 2.05) is 44.2 Å². The quantitative estimate of drug-likeness (QED) is 0.591. The summed E-state index contributed by atoms with van der Waals surface area (Å²) in [5, 5.41) is 0. The molecule has 33 heavy (non-hydrogen) atoms. The molecule has 0 radical (unpaired) electrons.